The quantitative estimate of drug-likeness (QED) is 0.269. The Hall–Kier alpha value is -3.39. The largest absolute Gasteiger partial charge is 0.381 e. The average molecular weight is 534 g/mol. The fourth-order valence-corrected chi connectivity index (χ4v) is 6.80. The number of rotatable bonds is 5. The van der Waals surface area contributed by atoms with Crippen LogP contribution in [0, 0.1) is 25.5 Å². The van der Waals surface area contributed by atoms with Crippen LogP contribution in [-0.2, 0) is 9.53 Å². The zero-order valence-corrected chi connectivity index (χ0v) is 22.5. The number of imidazole rings is 1. The van der Waals surface area contributed by atoms with E-state index < -0.39 is 17.6 Å². The predicted octanol–water partition coefficient (Wildman–Crippen LogP) is 7.34. The normalized spacial score (nSPS) is 24.0. The summed E-state index contributed by atoms with van der Waals surface area (Å²) in [4.78, 5) is 18.5. The molecule has 6 rings (SSSR count). The topological polar surface area (TPSA) is 70.2 Å². The fourth-order valence-electron chi connectivity index (χ4n) is 6.80. The minimum absolute atomic E-state index is 0.0513. The van der Waals surface area contributed by atoms with Crippen molar-refractivity contribution in [2.24, 2.45) is 0 Å². The van der Waals surface area contributed by atoms with E-state index >= 15 is 0 Å². The van der Waals surface area contributed by atoms with Gasteiger partial charge in [0.2, 0.25) is 0 Å². The SMILES string of the molecule is COC1CCC(n2c(C3CCCC(=O)C3c3ccc(F)c(F)c3)nc3cc(-c4c(C)noc4C)ccc32)CC1. The second-order valence-corrected chi connectivity index (χ2v) is 11.0. The second-order valence-electron chi connectivity index (χ2n) is 11.0. The van der Waals surface area contributed by atoms with E-state index in [0.29, 0.717) is 12.0 Å². The first-order valence-electron chi connectivity index (χ1n) is 13.8. The van der Waals surface area contributed by atoms with E-state index in [9.17, 15) is 13.6 Å². The summed E-state index contributed by atoms with van der Waals surface area (Å²) in [6.07, 6.45) is 5.96. The van der Waals surface area contributed by atoms with Crippen LogP contribution in [0.4, 0.5) is 8.78 Å². The molecule has 6 nitrogen and oxygen atoms in total. The molecule has 2 fully saturated rings. The minimum Gasteiger partial charge on any atom is -0.381 e. The van der Waals surface area contributed by atoms with Crippen LogP contribution < -0.4 is 0 Å². The Balaban J connectivity index is 1.50. The number of methoxy groups -OCH3 is 1. The smallest absolute Gasteiger partial charge is 0.159 e. The first kappa shape index (κ1) is 25.9. The van der Waals surface area contributed by atoms with Crippen LogP contribution in [0.5, 0.6) is 0 Å². The molecule has 2 aromatic heterocycles. The maximum Gasteiger partial charge on any atom is 0.159 e. The van der Waals surface area contributed by atoms with Crippen molar-refractivity contribution in [2.75, 3.05) is 7.11 Å². The number of hydrogen-bond donors (Lipinski definition) is 0. The lowest BCUT2D eigenvalue weighted by Gasteiger charge is -2.34. The van der Waals surface area contributed by atoms with Gasteiger partial charge < -0.3 is 13.8 Å². The third-order valence-electron chi connectivity index (χ3n) is 8.70. The van der Waals surface area contributed by atoms with Crippen molar-refractivity contribution in [3.63, 3.8) is 0 Å². The first-order chi connectivity index (χ1) is 18.9. The molecule has 0 spiro atoms. The fraction of sp³-hybridized carbons (Fsp3) is 0.452. The molecule has 8 heteroatoms. The predicted molar refractivity (Wildman–Crippen MR) is 144 cm³/mol. The van der Waals surface area contributed by atoms with Crippen molar-refractivity contribution in [2.45, 2.75) is 82.8 Å². The van der Waals surface area contributed by atoms with Crippen molar-refractivity contribution in [1.82, 2.24) is 14.7 Å². The highest BCUT2D eigenvalue weighted by Crippen LogP contribution is 2.45. The van der Waals surface area contributed by atoms with Crippen molar-refractivity contribution < 1.29 is 22.8 Å². The van der Waals surface area contributed by atoms with E-state index in [4.69, 9.17) is 14.2 Å². The van der Waals surface area contributed by atoms with E-state index in [1.54, 1.807) is 13.2 Å². The highest BCUT2D eigenvalue weighted by molar-refractivity contribution is 5.88. The molecule has 2 heterocycles. The molecule has 2 saturated carbocycles. The molecule has 0 amide bonds. The molecule has 204 valence electrons. The summed E-state index contributed by atoms with van der Waals surface area (Å²) < 4.78 is 41.5. The summed E-state index contributed by atoms with van der Waals surface area (Å²) in [6.45, 7) is 3.83. The Morgan fingerprint density at radius 1 is 1.00 bits per heavy atom. The monoisotopic (exact) mass is 533 g/mol. The summed E-state index contributed by atoms with van der Waals surface area (Å²) in [6, 6.07) is 10.3. The number of halogens is 2. The number of Topliss-reactive ketones (excluding diaryl/α,β-unsaturated/α-hetero) is 1. The highest BCUT2D eigenvalue weighted by atomic mass is 19.2. The van der Waals surface area contributed by atoms with Crippen LogP contribution >= 0.6 is 0 Å². The molecule has 0 N–H and O–H groups in total. The molecule has 2 unspecified atom stereocenters. The van der Waals surface area contributed by atoms with Crippen LogP contribution in [0.25, 0.3) is 22.2 Å². The van der Waals surface area contributed by atoms with Gasteiger partial charge in [0, 0.05) is 31.1 Å². The van der Waals surface area contributed by atoms with Gasteiger partial charge >= 0.3 is 0 Å². The van der Waals surface area contributed by atoms with Gasteiger partial charge in [-0.1, -0.05) is 17.3 Å². The summed E-state index contributed by atoms with van der Waals surface area (Å²) in [5.41, 5.74) is 5.14. The second kappa shape index (κ2) is 10.3. The van der Waals surface area contributed by atoms with Crippen molar-refractivity contribution in [3.8, 4) is 11.1 Å². The Labute approximate surface area is 226 Å². The first-order valence-corrected chi connectivity index (χ1v) is 13.8. The van der Waals surface area contributed by atoms with Gasteiger partial charge in [-0.05, 0) is 87.8 Å². The summed E-state index contributed by atoms with van der Waals surface area (Å²) in [7, 11) is 1.76. The zero-order chi connectivity index (χ0) is 27.3. The zero-order valence-electron chi connectivity index (χ0n) is 22.5. The maximum atomic E-state index is 14.3. The summed E-state index contributed by atoms with van der Waals surface area (Å²) in [5.74, 6) is -0.985. The van der Waals surface area contributed by atoms with Gasteiger partial charge in [0.25, 0.3) is 0 Å². The minimum atomic E-state index is -0.930. The standard InChI is InChI=1S/C31H33F2N3O3/c1-17-29(18(2)39-35-17)20-8-14-27-26(16-20)34-31(36(27)21-9-11-22(38-3)12-10-21)23-5-4-6-28(37)30(23)19-7-13-24(32)25(33)15-19/h7-8,13-16,21-23,30H,4-6,9-12H2,1-3H3. The number of fused-ring (bicyclic) bond motifs is 1. The number of ketones is 1. The lowest BCUT2D eigenvalue weighted by molar-refractivity contribution is -0.122. The summed E-state index contributed by atoms with van der Waals surface area (Å²) in [5, 5.41) is 4.12. The number of ether oxygens (including phenoxy) is 1. The van der Waals surface area contributed by atoms with Crippen LogP contribution in [0.3, 0.4) is 0 Å². The van der Waals surface area contributed by atoms with Gasteiger partial charge in [0.15, 0.2) is 11.6 Å². The molecule has 0 bridgehead atoms. The van der Waals surface area contributed by atoms with Crippen LogP contribution in [-0.4, -0.2) is 33.7 Å². The van der Waals surface area contributed by atoms with Crippen LogP contribution in [0.1, 0.15) is 85.7 Å². The molecule has 0 saturated heterocycles. The number of aromatic nitrogens is 3. The third kappa shape index (κ3) is 4.58. The molecule has 0 radical (unpaired) electrons. The Morgan fingerprint density at radius 3 is 2.49 bits per heavy atom. The molecule has 2 aliphatic rings. The number of benzene rings is 2. The van der Waals surface area contributed by atoms with Crippen LogP contribution in [0.2, 0.25) is 0 Å². The van der Waals surface area contributed by atoms with E-state index in [2.05, 4.69) is 27.9 Å². The Morgan fingerprint density at radius 2 is 1.79 bits per heavy atom. The van der Waals surface area contributed by atoms with E-state index in [-0.39, 0.29) is 23.8 Å². The molecule has 4 aromatic rings. The third-order valence-corrected chi connectivity index (χ3v) is 8.70. The van der Waals surface area contributed by atoms with Crippen LogP contribution in [0.15, 0.2) is 40.9 Å². The van der Waals surface area contributed by atoms with E-state index in [0.717, 1.165) is 84.0 Å². The Bertz CT molecular complexity index is 1510. The molecule has 2 atom stereocenters. The molecular formula is C31H33F2N3O3. The number of carbonyl (C=O) groups is 1. The number of aryl methyl sites for hydroxylation is 2. The maximum absolute atomic E-state index is 14.3. The van der Waals surface area contributed by atoms with E-state index in [1.165, 1.54) is 6.07 Å². The molecule has 2 aromatic carbocycles. The number of nitrogens with zero attached hydrogens (tertiary/aromatic N) is 3. The van der Waals surface area contributed by atoms with Gasteiger partial charge in [-0.3, -0.25) is 4.79 Å². The summed E-state index contributed by atoms with van der Waals surface area (Å²) >= 11 is 0. The lowest BCUT2D eigenvalue weighted by atomic mass is 9.74. The van der Waals surface area contributed by atoms with Crippen molar-refractivity contribution >= 4 is 16.8 Å². The van der Waals surface area contributed by atoms with Gasteiger partial charge in [-0.2, -0.15) is 0 Å². The Kier molecular flexibility index (Phi) is 6.83. The molecule has 39 heavy (non-hydrogen) atoms. The van der Waals surface area contributed by atoms with Gasteiger partial charge in [-0.15, -0.1) is 0 Å². The van der Waals surface area contributed by atoms with Crippen molar-refractivity contribution in [3.05, 3.63) is 70.9 Å². The number of carbonyl (C=O) groups excluding carboxylic acids is 1. The van der Waals surface area contributed by atoms with E-state index in [1.807, 2.05) is 13.8 Å². The van der Waals surface area contributed by atoms with Gasteiger partial charge in [0.05, 0.1) is 28.7 Å². The molecule has 2 aliphatic carbocycles. The molecule has 0 aliphatic heterocycles. The van der Waals surface area contributed by atoms with Gasteiger partial charge in [0.1, 0.15) is 17.4 Å². The highest BCUT2D eigenvalue weighted by Gasteiger charge is 2.39. The molecular weight excluding hydrogens is 500 g/mol. The lowest BCUT2D eigenvalue weighted by Crippen LogP contribution is -2.30. The number of hydrogen-bond acceptors (Lipinski definition) is 5. The van der Waals surface area contributed by atoms with Crippen molar-refractivity contribution in [1.29, 1.82) is 0 Å². The van der Waals surface area contributed by atoms with Gasteiger partial charge in [-0.25, -0.2) is 13.8 Å². The average Bonchev–Trinajstić information content (AvgIpc) is 3.48.